The molecule has 0 saturated heterocycles. The van der Waals surface area contributed by atoms with Crippen LogP contribution in [-0.2, 0) is 17.8 Å². The van der Waals surface area contributed by atoms with Crippen LogP contribution in [0.25, 0.3) is 0 Å². The third-order valence-corrected chi connectivity index (χ3v) is 2.31. The number of nitrogens with one attached hydrogen (secondary N) is 1. The zero-order chi connectivity index (χ0) is 11.6. The molecule has 4 heteroatoms. The van der Waals surface area contributed by atoms with Crippen molar-refractivity contribution in [3.8, 4) is 0 Å². The second-order valence-electron chi connectivity index (χ2n) is 3.50. The van der Waals surface area contributed by atoms with Gasteiger partial charge < -0.3 is 14.6 Å². The topological polar surface area (TPSA) is 39.1 Å². The van der Waals surface area contributed by atoms with E-state index in [9.17, 15) is 0 Å². The quantitative estimate of drug-likeness (QED) is 0.510. The molecule has 0 atom stereocenters. The van der Waals surface area contributed by atoms with Crippen molar-refractivity contribution in [3.63, 3.8) is 0 Å². The molecule has 0 aliphatic rings. The van der Waals surface area contributed by atoms with Crippen molar-refractivity contribution in [2.45, 2.75) is 26.4 Å². The highest BCUT2D eigenvalue weighted by Gasteiger charge is 1.99. The third-order valence-electron chi connectivity index (χ3n) is 2.31. The fourth-order valence-electron chi connectivity index (χ4n) is 1.41. The van der Waals surface area contributed by atoms with Gasteiger partial charge in [0.05, 0.1) is 19.8 Å². The van der Waals surface area contributed by atoms with Crippen LogP contribution in [0.5, 0.6) is 0 Å². The molecule has 0 unspecified atom stereocenters. The maximum Gasteiger partial charge on any atom is 0.122 e. The number of aromatic nitrogens is 2. The maximum absolute atomic E-state index is 5.39. The molecule has 0 saturated carbocycles. The average molecular weight is 223 g/mol. The van der Waals surface area contributed by atoms with Crippen molar-refractivity contribution in [3.05, 3.63) is 30.9 Å². The first-order valence-electron chi connectivity index (χ1n) is 5.77. The number of nitrogens with zero attached hydrogens (tertiary/aromatic N) is 2. The highest BCUT2D eigenvalue weighted by atomic mass is 16.5. The summed E-state index contributed by atoms with van der Waals surface area (Å²) in [7, 11) is 0. The van der Waals surface area contributed by atoms with Gasteiger partial charge in [-0.1, -0.05) is 6.08 Å². The van der Waals surface area contributed by atoms with E-state index >= 15 is 0 Å². The standard InChI is InChI=1S/C12H21N3O/c1-3-5-9-16-10-7-13-11-12-14-6-8-15(12)4-2/h3,6,8,13H,1,4-5,7,9-11H2,2H3. The van der Waals surface area contributed by atoms with Gasteiger partial charge in [0, 0.05) is 25.5 Å². The van der Waals surface area contributed by atoms with E-state index in [0.29, 0.717) is 0 Å². The van der Waals surface area contributed by atoms with Gasteiger partial charge in [0.15, 0.2) is 0 Å². The van der Waals surface area contributed by atoms with Gasteiger partial charge in [-0.05, 0) is 13.3 Å². The van der Waals surface area contributed by atoms with Crippen molar-refractivity contribution in [1.29, 1.82) is 0 Å². The van der Waals surface area contributed by atoms with E-state index in [1.165, 1.54) is 0 Å². The Balaban J connectivity index is 2.05. The maximum atomic E-state index is 5.39. The molecule has 1 aromatic rings. The van der Waals surface area contributed by atoms with Crippen LogP contribution in [0.15, 0.2) is 25.0 Å². The monoisotopic (exact) mass is 223 g/mol. The number of imidazole rings is 1. The van der Waals surface area contributed by atoms with Crippen molar-refractivity contribution < 1.29 is 4.74 Å². The summed E-state index contributed by atoms with van der Waals surface area (Å²) in [6.45, 7) is 9.87. The minimum absolute atomic E-state index is 0.737. The molecule has 1 N–H and O–H groups in total. The first kappa shape index (κ1) is 12.9. The van der Waals surface area contributed by atoms with Crippen LogP contribution in [0.3, 0.4) is 0 Å². The molecule has 90 valence electrons. The fourth-order valence-corrected chi connectivity index (χ4v) is 1.41. The summed E-state index contributed by atoms with van der Waals surface area (Å²) < 4.78 is 7.52. The molecule has 0 aliphatic carbocycles. The lowest BCUT2D eigenvalue weighted by Crippen LogP contribution is -2.21. The molecule has 0 bridgehead atoms. The highest BCUT2D eigenvalue weighted by Crippen LogP contribution is 1.96. The number of ether oxygens (including phenoxy) is 1. The van der Waals surface area contributed by atoms with E-state index < -0.39 is 0 Å². The number of hydrogen-bond donors (Lipinski definition) is 1. The van der Waals surface area contributed by atoms with Crippen molar-refractivity contribution in [1.82, 2.24) is 14.9 Å². The summed E-state index contributed by atoms with van der Waals surface area (Å²) in [6.07, 6.45) is 6.62. The molecule has 1 rings (SSSR count). The van der Waals surface area contributed by atoms with Crippen LogP contribution in [0.2, 0.25) is 0 Å². The SMILES string of the molecule is C=CCCOCCNCc1nccn1CC. The fraction of sp³-hybridized carbons (Fsp3) is 0.583. The predicted molar refractivity (Wildman–Crippen MR) is 65.2 cm³/mol. The zero-order valence-electron chi connectivity index (χ0n) is 9.98. The first-order chi connectivity index (χ1) is 7.88. The van der Waals surface area contributed by atoms with Gasteiger partial charge in [-0.3, -0.25) is 0 Å². The molecule has 0 radical (unpaired) electrons. The van der Waals surface area contributed by atoms with Crippen LogP contribution in [0, 0.1) is 0 Å². The van der Waals surface area contributed by atoms with Crippen LogP contribution in [0.1, 0.15) is 19.2 Å². The van der Waals surface area contributed by atoms with Crippen molar-refractivity contribution in [2.75, 3.05) is 19.8 Å². The van der Waals surface area contributed by atoms with Crippen LogP contribution in [-0.4, -0.2) is 29.3 Å². The molecule has 0 aromatic carbocycles. The second-order valence-corrected chi connectivity index (χ2v) is 3.50. The summed E-state index contributed by atoms with van der Waals surface area (Å²) in [6, 6.07) is 0. The van der Waals surface area contributed by atoms with E-state index in [4.69, 9.17) is 4.74 Å². The number of hydrogen-bond acceptors (Lipinski definition) is 3. The Kier molecular flexibility index (Phi) is 6.53. The van der Waals surface area contributed by atoms with E-state index in [1.807, 2.05) is 18.5 Å². The van der Waals surface area contributed by atoms with Crippen LogP contribution < -0.4 is 5.32 Å². The lowest BCUT2D eigenvalue weighted by atomic mass is 10.4. The molecule has 0 fully saturated rings. The Morgan fingerprint density at radius 2 is 2.44 bits per heavy atom. The Labute approximate surface area is 97.3 Å². The Hall–Kier alpha value is -1.13. The summed E-state index contributed by atoms with van der Waals surface area (Å²) in [4.78, 5) is 4.28. The van der Waals surface area contributed by atoms with E-state index in [0.717, 1.165) is 45.1 Å². The summed E-state index contributed by atoms with van der Waals surface area (Å²) >= 11 is 0. The molecule has 0 amide bonds. The highest BCUT2D eigenvalue weighted by molar-refractivity contribution is 4.91. The third kappa shape index (κ3) is 4.59. The molecule has 0 aliphatic heterocycles. The second kappa shape index (κ2) is 8.07. The lowest BCUT2D eigenvalue weighted by molar-refractivity contribution is 0.140. The molecular weight excluding hydrogens is 202 g/mol. The van der Waals surface area contributed by atoms with Gasteiger partial charge in [-0.25, -0.2) is 4.98 Å². The van der Waals surface area contributed by atoms with Gasteiger partial charge in [0.1, 0.15) is 5.82 Å². The van der Waals surface area contributed by atoms with Crippen LogP contribution in [0.4, 0.5) is 0 Å². The van der Waals surface area contributed by atoms with Crippen LogP contribution >= 0.6 is 0 Å². The van der Waals surface area contributed by atoms with Crippen molar-refractivity contribution >= 4 is 0 Å². The smallest absolute Gasteiger partial charge is 0.122 e. The van der Waals surface area contributed by atoms with Crippen molar-refractivity contribution in [2.24, 2.45) is 0 Å². The van der Waals surface area contributed by atoms with Gasteiger partial charge >= 0.3 is 0 Å². The molecule has 16 heavy (non-hydrogen) atoms. The van der Waals surface area contributed by atoms with E-state index in [2.05, 4.69) is 28.4 Å². The predicted octanol–water partition coefficient (Wildman–Crippen LogP) is 1.59. The Bertz CT molecular complexity index is 296. The first-order valence-corrected chi connectivity index (χ1v) is 5.77. The average Bonchev–Trinajstić information content (AvgIpc) is 2.75. The van der Waals surface area contributed by atoms with Gasteiger partial charge in [-0.15, -0.1) is 6.58 Å². The summed E-state index contributed by atoms with van der Waals surface area (Å²) in [5.41, 5.74) is 0. The minimum Gasteiger partial charge on any atom is -0.380 e. The molecule has 0 spiro atoms. The van der Waals surface area contributed by atoms with E-state index in [-0.39, 0.29) is 0 Å². The molecule has 1 heterocycles. The molecule has 1 aromatic heterocycles. The van der Waals surface area contributed by atoms with E-state index in [1.54, 1.807) is 0 Å². The van der Waals surface area contributed by atoms with Gasteiger partial charge in [-0.2, -0.15) is 0 Å². The number of aryl methyl sites for hydroxylation is 1. The molecule has 4 nitrogen and oxygen atoms in total. The van der Waals surface area contributed by atoms with Gasteiger partial charge in [0.2, 0.25) is 0 Å². The Morgan fingerprint density at radius 3 is 3.19 bits per heavy atom. The summed E-state index contributed by atoms with van der Waals surface area (Å²) in [5.74, 6) is 1.08. The largest absolute Gasteiger partial charge is 0.380 e. The Morgan fingerprint density at radius 1 is 1.56 bits per heavy atom. The van der Waals surface area contributed by atoms with Gasteiger partial charge in [0.25, 0.3) is 0 Å². The lowest BCUT2D eigenvalue weighted by Gasteiger charge is -2.06. The zero-order valence-corrected chi connectivity index (χ0v) is 9.98. The summed E-state index contributed by atoms with van der Waals surface area (Å²) in [5, 5.41) is 3.31. The minimum atomic E-state index is 0.737. The molecular formula is C12H21N3O. The normalized spacial score (nSPS) is 10.6. The number of rotatable bonds is 9.